The summed E-state index contributed by atoms with van der Waals surface area (Å²) in [6.07, 6.45) is -4.75. The van der Waals surface area contributed by atoms with Crippen molar-refractivity contribution < 1.29 is 22.6 Å². The molecule has 3 nitrogen and oxygen atoms in total. The van der Waals surface area contributed by atoms with Crippen LogP contribution in [0.25, 0.3) is 0 Å². The molecule has 0 unspecified atom stereocenters. The van der Waals surface area contributed by atoms with E-state index in [9.17, 15) is 13.2 Å². The molecule has 0 aliphatic carbocycles. The third-order valence-electron chi connectivity index (χ3n) is 2.42. The molecule has 0 saturated carbocycles. The van der Waals surface area contributed by atoms with Gasteiger partial charge in [0.15, 0.2) is 11.5 Å². The van der Waals surface area contributed by atoms with Crippen LogP contribution in [0.1, 0.15) is 12.8 Å². The quantitative estimate of drug-likeness (QED) is 0.741. The first-order valence-corrected chi connectivity index (χ1v) is 6.06. The van der Waals surface area contributed by atoms with Gasteiger partial charge in [-0.3, -0.25) is 0 Å². The zero-order chi connectivity index (χ0) is 14.1. The van der Waals surface area contributed by atoms with Gasteiger partial charge in [0.05, 0.1) is 7.11 Å². The van der Waals surface area contributed by atoms with E-state index in [0.717, 1.165) is 0 Å². The van der Waals surface area contributed by atoms with Crippen molar-refractivity contribution in [2.45, 2.75) is 19.0 Å². The van der Waals surface area contributed by atoms with Gasteiger partial charge in [-0.2, -0.15) is 13.2 Å². The van der Waals surface area contributed by atoms with Gasteiger partial charge >= 0.3 is 6.18 Å². The Kier molecular flexibility index (Phi) is 6.49. The summed E-state index contributed by atoms with van der Waals surface area (Å²) in [5.74, 6) is 1.27. The predicted octanol–water partition coefficient (Wildman–Crippen LogP) is 3.01. The summed E-state index contributed by atoms with van der Waals surface area (Å²) in [4.78, 5) is 0. The van der Waals surface area contributed by atoms with Crippen LogP contribution in [0, 0.1) is 0 Å². The Morgan fingerprint density at radius 2 is 1.79 bits per heavy atom. The summed E-state index contributed by atoms with van der Waals surface area (Å²) in [5.41, 5.74) is 0. The van der Waals surface area contributed by atoms with Gasteiger partial charge in [0.25, 0.3) is 0 Å². The Labute approximate surface area is 110 Å². The lowest BCUT2D eigenvalue weighted by Gasteiger charge is -2.11. The smallest absolute Gasteiger partial charge is 0.389 e. The van der Waals surface area contributed by atoms with Gasteiger partial charge in [-0.05, 0) is 25.1 Å². The Morgan fingerprint density at radius 3 is 2.42 bits per heavy atom. The average molecular weight is 277 g/mol. The highest BCUT2D eigenvalue weighted by molar-refractivity contribution is 5.39. The number of halogens is 3. The minimum Gasteiger partial charge on any atom is -0.493 e. The molecule has 1 aromatic carbocycles. The lowest BCUT2D eigenvalue weighted by atomic mass is 10.3. The second-order valence-electron chi connectivity index (χ2n) is 3.97. The molecule has 0 spiro atoms. The van der Waals surface area contributed by atoms with Crippen LogP contribution in [0.4, 0.5) is 13.2 Å². The SMILES string of the molecule is COc1ccccc1OCCNCCCC(F)(F)F. The Morgan fingerprint density at radius 1 is 1.11 bits per heavy atom. The van der Waals surface area contributed by atoms with E-state index in [-0.39, 0.29) is 6.42 Å². The molecular weight excluding hydrogens is 259 g/mol. The summed E-state index contributed by atoms with van der Waals surface area (Å²) >= 11 is 0. The minimum absolute atomic E-state index is 0.0815. The number of alkyl halides is 3. The number of hydrogen-bond acceptors (Lipinski definition) is 3. The molecule has 6 heteroatoms. The van der Waals surface area contributed by atoms with E-state index in [2.05, 4.69) is 5.32 Å². The maximum absolute atomic E-state index is 11.9. The number of methoxy groups -OCH3 is 1. The summed E-state index contributed by atoms with van der Waals surface area (Å²) < 4.78 is 46.2. The fraction of sp³-hybridized carbons (Fsp3) is 0.538. The fourth-order valence-electron chi connectivity index (χ4n) is 1.51. The molecule has 0 heterocycles. The van der Waals surface area contributed by atoms with Crippen LogP contribution in [-0.4, -0.2) is 33.0 Å². The third-order valence-corrected chi connectivity index (χ3v) is 2.42. The Bertz CT molecular complexity index is 369. The van der Waals surface area contributed by atoms with Crippen LogP contribution in [-0.2, 0) is 0 Å². The number of benzene rings is 1. The van der Waals surface area contributed by atoms with Crippen molar-refractivity contribution in [3.8, 4) is 11.5 Å². The van der Waals surface area contributed by atoms with E-state index in [1.165, 1.54) is 0 Å². The number of rotatable bonds is 8. The maximum Gasteiger partial charge on any atom is 0.389 e. The van der Waals surface area contributed by atoms with E-state index in [4.69, 9.17) is 9.47 Å². The largest absolute Gasteiger partial charge is 0.493 e. The van der Waals surface area contributed by atoms with Gasteiger partial charge in [0, 0.05) is 13.0 Å². The van der Waals surface area contributed by atoms with Crippen molar-refractivity contribution in [1.29, 1.82) is 0 Å². The molecule has 0 fully saturated rings. The average Bonchev–Trinajstić information content (AvgIpc) is 2.37. The van der Waals surface area contributed by atoms with Crippen molar-refractivity contribution in [2.24, 2.45) is 0 Å². The minimum atomic E-state index is -4.07. The molecule has 0 atom stereocenters. The zero-order valence-corrected chi connectivity index (χ0v) is 10.8. The summed E-state index contributed by atoms with van der Waals surface area (Å²) in [5, 5.41) is 2.90. The Hall–Kier alpha value is -1.43. The van der Waals surface area contributed by atoms with Crippen molar-refractivity contribution in [3.63, 3.8) is 0 Å². The number of hydrogen-bond donors (Lipinski definition) is 1. The third kappa shape index (κ3) is 6.91. The molecule has 1 aromatic rings. The second kappa shape index (κ2) is 7.89. The van der Waals surface area contributed by atoms with Crippen molar-refractivity contribution in [3.05, 3.63) is 24.3 Å². The van der Waals surface area contributed by atoms with Gasteiger partial charge in [0.1, 0.15) is 6.61 Å². The van der Waals surface area contributed by atoms with Gasteiger partial charge in [-0.15, -0.1) is 0 Å². The van der Waals surface area contributed by atoms with Crippen molar-refractivity contribution in [2.75, 3.05) is 26.8 Å². The van der Waals surface area contributed by atoms with Gasteiger partial charge < -0.3 is 14.8 Å². The lowest BCUT2D eigenvalue weighted by Crippen LogP contribution is -2.23. The number of para-hydroxylation sites is 2. The van der Waals surface area contributed by atoms with Crippen LogP contribution in [0.5, 0.6) is 11.5 Å². The summed E-state index contributed by atoms with van der Waals surface area (Å²) in [7, 11) is 1.55. The normalized spacial score (nSPS) is 11.4. The van der Waals surface area contributed by atoms with Crippen LogP contribution < -0.4 is 14.8 Å². The number of nitrogens with one attached hydrogen (secondary N) is 1. The topological polar surface area (TPSA) is 30.5 Å². The molecule has 0 saturated heterocycles. The van der Waals surface area contributed by atoms with Crippen molar-refractivity contribution >= 4 is 0 Å². The second-order valence-corrected chi connectivity index (χ2v) is 3.97. The molecule has 0 amide bonds. The van der Waals surface area contributed by atoms with E-state index in [1.807, 2.05) is 12.1 Å². The molecule has 0 aliphatic rings. The van der Waals surface area contributed by atoms with Gasteiger partial charge in [0.2, 0.25) is 0 Å². The molecule has 1 N–H and O–H groups in total. The molecule has 0 aromatic heterocycles. The molecule has 108 valence electrons. The molecule has 0 radical (unpaired) electrons. The van der Waals surface area contributed by atoms with E-state index < -0.39 is 12.6 Å². The van der Waals surface area contributed by atoms with Crippen LogP contribution in [0.2, 0.25) is 0 Å². The summed E-state index contributed by atoms with van der Waals surface area (Å²) in [6.45, 7) is 1.21. The first-order valence-electron chi connectivity index (χ1n) is 6.06. The molecule has 1 rings (SSSR count). The predicted molar refractivity (Wildman–Crippen MR) is 66.6 cm³/mol. The molecular formula is C13H18F3NO2. The lowest BCUT2D eigenvalue weighted by molar-refractivity contribution is -0.135. The van der Waals surface area contributed by atoms with Crippen LogP contribution in [0.3, 0.4) is 0 Å². The highest BCUT2D eigenvalue weighted by Crippen LogP contribution is 2.25. The van der Waals surface area contributed by atoms with Crippen LogP contribution in [0.15, 0.2) is 24.3 Å². The monoisotopic (exact) mass is 277 g/mol. The van der Waals surface area contributed by atoms with Gasteiger partial charge in [-0.25, -0.2) is 0 Å². The first-order chi connectivity index (χ1) is 9.03. The Balaban J connectivity index is 2.11. The van der Waals surface area contributed by atoms with Crippen LogP contribution >= 0.6 is 0 Å². The first kappa shape index (κ1) is 15.6. The highest BCUT2D eigenvalue weighted by atomic mass is 19.4. The highest BCUT2D eigenvalue weighted by Gasteiger charge is 2.25. The molecule has 0 bridgehead atoms. The van der Waals surface area contributed by atoms with Crippen molar-refractivity contribution in [1.82, 2.24) is 5.32 Å². The van der Waals surface area contributed by atoms with E-state index in [1.54, 1.807) is 19.2 Å². The van der Waals surface area contributed by atoms with E-state index in [0.29, 0.717) is 31.2 Å². The zero-order valence-electron chi connectivity index (χ0n) is 10.8. The van der Waals surface area contributed by atoms with E-state index >= 15 is 0 Å². The number of ether oxygens (including phenoxy) is 2. The standard InChI is InChI=1S/C13H18F3NO2/c1-18-11-5-2-3-6-12(11)19-10-9-17-8-4-7-13(14,15)16/h2-3,5-6,17H,4,7-10H2,1H3. The van der Waals surface area contributed by atoms with Gasteiger partial charge in [-0.1, -0.05) is 12.1 Å². The fourth-order valence-corrected chi connectivity index (χ4v) is 1.51. The maximum atomic E-state index is 11.9. The summed E-state index contributed by atoms with van der Waals surface area (Å²) in [6, 6.07) is 7.23. The molecule has 0 aliphatic heterocycles. The molecule has 19 heavy (non-hydrogen) atoms.